The smallest absolute Gasteiger partial charge is 0.246 e. The molecular weight excluding hydrogens is 502 g/mol. The maximum Gasteiger partial charge on any atom is 0.246 e. The molecule has 3 rings (SSSR count). The molecule has 0 aliphatic carbocycles. The first kappa shape index (κ1) is 33.0. The van der Waals surface area contributed by atoms with Gasteiger partial charge in [0.15, 0.2) is 5.78 Å². The molecule has 2 heterocycles. The van der Waals surface area contributed by atoms with Crippen molar-refractivity contribution in [1.29, 1.82) is 0 Å². The summed E-state index contributed by atoms with van der Waals surface area (Å²) in [4.78, 5) is 28.2. The molecule has 206 valence electrons. The summed E-state index contributed by atoms with van der Waals surface area (Å²) in [5.41, 5.74) is 2.71. The number of carbonyl (C=O) groups excluding carboxylic acids is 2. The van der Waals surface area contributed by atoms with Gasteiger partial charge in [0.05, 0.1) is 12.2 Å². The second-order valence-electron chi connectivity index (χ2n) is 9.34. The van der Waals surface area contributed by atoms with E-state index in [4.69, 9.17) is 11.6 Å². The van der Waals surface area contributed by atoms with E-state index in [2.05, 4.69) is 18.8 Å². The third kappa shape index (κ3) is 11.5. The van der Waals surface area contributed by atoms with Crippen LogP contribution in [-0.2, 0) is 16.0 Å². The molecule has 0 radical (unpaired) electrons. The Hall–Kier alpha value is -2.02. The van der Waals surface area contributed by atoms with Crippen molar-refractivity contribution < 1.29 is 9.59 Å². The minimum Gasteiger partial charge on any atom is -0.337 e. The summed E-state index contributed by atoms with van der Waals surface area (Å²) in [6.45, 7) is 14.0. The van der Waals surface area contributed by atoms with Gasteiger partial charge < -0.3 is 15.1 Å². The lowest BCUT2D eigenvalue weighted by atomic mass is 10.1. The highest BCUT2D eigenvalue weighted by molar-refractivity contribution is 7.97. The number of nitrogens with one attached hydrogen (secondary N) is 1. The van der Waals surface area contributed by atoms with Crippen LogP contribution in [0, 0.1) is 0 Å². The van der Waals surface area contributed by atoms with Gasteiger partial charge in [0, 0.05) is 36.3 Å². The van der Waals surface area contributed by atoms with Gasteiger partial charge in [0.25, 0.3) is 0 Å². The molecule has 5 nitrogen and oxygen atoms in total. The zero-order valence-electron chi connectivity index (χ0n) is 23.6. The van der Waals surface area contributed by atoms with Gasteiger partial charge in [-0.3, -0.25) is 9.59 Å². The van der Waals surface area contributed by atoms with Gasteiger partial charge >= 0.3 is 0 Å². The molecule has 1 unspecified atom stereocenters. The number of piperazine rings is 1. The molecule has 1 amide bonds. The van der Waals surface area contributed by atoms with Gasteiger partial charge in [-0.25, -0.2) is 0 Å². The number of aryl methyl sites for hydroxylation is 1. The molecular formula is C30H46ClN3O2S. The van der Waals surface area contributed by atoms with E-state index in [0.29, 0.717) is 24.8 Å². The number of hydrogen-bond donors (Lipinski definition) is 1. The number of halogens is 1. The predicted molar refractivity (Wildman–Crippen MR) is 161 cm³/mol. The van der Waals surface area contributed by atoms with E-state index in [0.717, 1.165) is 36.5 Å². The molecule has 1 aromatic carbocycles. The summed E-state index contributed by atoms with van der Waals surface area (Å²) in [5.74, 6) is 0.0630. The molecule has 0 bridgehead atoms. The van der Waals surface area contributed by atoms with E-state index in [1.165, 1.54) is 18.4 Å². The number of carbonyl (C=O) groups is 2. The summed E-state index contributed by atoms with van der Waals surface area (Å²) in [5, 5.41) is 4.30. The van der Waals surface area contributed by atoms with E-state index < -0.39 is 0 Å². The number of nitrogens with zero attached hydrogens (tertiary/aromatic N) is 2. The van der Waals surface area contributed by atoms with Crippen molar-refractivity contribution in [2.24, 2.45) is 0 Å². The molecule has 2 fully saturated rings. The Bertz CT molecular complexity index is 925. The summed E-state index contributed by atoms with van der Waals surface area (Å²) >= 11 is 7.57. The van der Waals surface area contributed by atoms with Crippen LogP contribution in [0.25, 0.3) is 0 Å². The number of rotatable bonds is 7. The molecule has 0 spiro atoms. The molecule has 2 aliphatic rings. The van der Waals surface area contributed by atoms with Crippen LogP contribution in [0.3, 0.4) is 0 Å². The molecule has 1 N–H and O–H groups in total. The van der Waals surface area contributed by atoms with Crippen LogP contribution < -0.4 is 5.32 Å². The first-order chi connectivity index (χ1) is 17.7. The Morgan fingerprint density at radius 1 is 1.24 bits per heavy atom. The largest absolute Gasteiger partial charge is 0.337 e. The fraction of sp³-hybridized carbons (Fsp3) is 0.533. The number of ketones is 1. The summed E-state index contributed by atoms with van der Waals surface area (Å²) < 4.78 is 0. The summed E-state index contributed by atoms with van der Waals surface area (Å²) in [7, 11) is 0. The average Bonchev–Trinajstić information content (AvgIpc) is 3.37. The topological polar surface area (TPSA) is 52.7 Å². The zero-order valence-corrected chi connectivity index (χ0v) is 25.1. The number of benzene rings is 1. The van der Waals surface area contributed by atoms with Crippen LogP contribution in [0.4, 0.5) is 0 Å². The van der Waals surface area contributed by atoms with Crippen LogP contribution >= 0.6 is 23.4 Å². The Morgan fingerprint density at radius 2 is 1.92 bits per heavy atom. The maximum absolute atomic E-state index is 12.5. The monoisotopic (exact) mass is 547 g/mol. The third-order valence-corrected chi connectivity index (χ3v) is 6.52. The van der Waals surface area contributed by atoms with Crippen molar-refractivity contribution >= 4 is 35.1 Å². The zero-order chi connectivity index (χ0) is 27.8. The van der Waals surface area contributed by atoms with E-state index in [1.807, 2.05) is 72.6 Å². The van der Waals surface area contributed by atoms with Crippen molar-refractivity contribution in [3.63, 3.8) is 0 Å². The Labute approximate surface area is 234 Å². The van der Waals surface area contributed by atoms with Crippen molar-refractivity contribution in [3.05, 3.63) is 71.1 Å². The lowest BCUT2D eigenvalue weighted by molar-refractivity contribution is -0.127. The van der Waals surface area contributed by atoms with Gasteiger partial charge in [-0.1, -0.05) is 62.4 Å². The molecule has 37 heavy (non-hydrogen) atoms. The van der Waals surface area contributed by atoms with Crippen molar-refractivity contribution in [2.45, 2.75) is 71.9 Å². The normalized spacial score (nSPS) is 19.8. The quantitative estimate of drug-likeness (QED) is 0.395. The molecule has 2 aliphatic heterocycles. The predicted octanol–water partition coefficient (Wildman–Crippen LogP) is 6.50. The van der Waals surface area contributed by atoms with Gasteiger partial charge in [-0.15, -0.1) is 0 Å². The fourth-order valence-corrected chi connectivity index (χ4v) is 4.70. The molecule has 0 aromatic heterocycles. The number of thioether (sulfide) groups is 1. The molecule has 0 saturated carbocycles. The van der Waals surface area contributed by atoms with Crippen LogP contribution in [-0.4, -0.2) is 65.7 Å². The highest BCUT2D eigenvalue weighted by Crippen LogP contribution is 2.24. The van der Waals surface area contributed by atoms with E-state index in [9.17, 15) is 9.59 Å². The lowest BCUT2D eigenvalue weighted by Crippen LogP contribution is -2.51. The van der Waals surface area contributed by atoms with Crippen molar-refractivity contribution in [3.8, 4) is 0 Å². The second-order valence-corrected chi connectivity index (χ2v) is 10.6. The van der Waals surface area contributed by atoms with Crippen LogP contribution in [0.2, 0.25) is 5.02 Å². The second kappa shape index (κ2) is 18.3. The Balaban J connectivity index is 0.000000471. The molecule has 1 aromatic rings. The van der Waals surface area contributed by atoms with Crippen LogP contribution in [0.15, 0.2) is 60.5 Å². The fourth-order valence-electron chi connectivity index (χ4n) is 4.44. The average molecular weight is 548 g/mol. The van der Waals surface area contributed by atoms with Gasteiger partial charge in [-0.05, 0) is 75.8 Å². The van der Waals surface area contributed by atoms with E-state index in [-0.39, 0.29) is 17.7 Å². The SMILES string of the molecule is C=C1CN(C(=O)/C=C/CC2CCCN2)C[C@H](C)N1/C(=C\CC)C(C)=O.CCc1ccccc1Cl.CSC. The van der Waals surface area contributed by atoms with Crippen molar-refractivity contribution in [2.75, 3.05) is 32.1 Å². The van der Waals surface area contributed by atoms with Gasteiger partial charge in [0.1, 0.15) is 0 Å². The highest BCUT2D eigenvalue weighted by atomic mass is 35.5. The molecule has 2 saturated heterocycles. The maximum atomic E-state index is 12.5. The summed E-state index contributed by atoms with van der Waals surface area (Å²) in [6, 6.07) is 8.46. The van der Waals surface area contributed by atoms with Crippen molar-refractivity contribution in [1.82, 2.24) is 15.1 Å². The minimum absolute atomic E-state index is 0.0227. The minimum atomic E-state index is 0.0227. The lowest BCUT2D eigenvalue weighted by Gasteiger charge is -2.43. The number of hydrogen-bond acceptors (Lipinski definition) is 5. The highest BCUT2D eigenvalue weighted by Gasteiger charge is 2.31. The Morgan fingerprint density at radius 3 is 2.41 bits per heavy atom. The first-order valence-electron chi connectivity index (χ1n) is 13.2. The summed E-state index contributed by atoms with van der Waals surface area (Å²) in [6.07, 6.45) is 14.8. The standard InChI is InChI=1S/C20H31N3O2.C8H9Cl.C2H6S/c1-5-8-19(17(4)24)23-15(2)13-22(14-16(23)3)20(25)11-6-9-18-10-7-12-21-18;1-2-7-5-3-4-6-8(7)9;1-3-2/h6,8,11,16,18,21H,2,5,7,9-10,12-14H2,1,3-4H3;3-6H,2H2,1H3;1-2H3/b11-6+,19-8-;;/t16-,18?;;/m0../s1. The van der Waals surface area contributed by atoms with Gasteiger partial charge in [0.2, 0.25) is 5.91 Å². The van der Waals surface area contributed by atoms with E-state index in [1.54, 1.807) is 24.8 Å². The van der Waals surface area contributed by atoms with E-state index >= 15 is 0 Å². The Kier molecular flexibility index (Phi) is 16.3. The molecule has 7 heteroatoms. The van der Waals surface area contributed by atoms with Crippen LogP contribution in [0.1, 0.15) is 58.9 Å². The first-order valence-corrected chi connectivity index (χ1v) is 15.2. The number of amides is 1. The third-order valence-electron chi connectivity index (χ3n) is 6.15. The van der Waals surface area contributed by atoms with Crippen LogP contribution in [0.5, 0.6) is 0 Å². The number of Topliss-reactive ketones (excluding diaryl/α,β-unsaturated/α-hetero) is 1. The number of allylic oxidation sites excluding steroid dienone is 2. The molecule has 2 atom stereocenters. The van der Waals surface area contributed by atoms with Gasteiger partial charge in [-0.2, -0.15) is 11.8 Å².